The standard InChI is InChI=1S/C30H28O6/c1-32-21-13-9-19(10-14-21)30(20-11-15-22(33-2)16-12-20)18-17-25-26(29(31)35-4)28(34-3)24-8-6-5-7-23(24)27(25)36-30/h5-6,8-18,23H,7H2,1-4H3. The number of hydrogen-bond acceptors (Lipinski definition) is 6. The van der Waals surface area contributed by atoms with Crippen molar-refractivity contribution in [1.82, 2.24) is 0 Å². The molecular formula is C30H28O6. The number of carbonyl (C=O) groups excluding carboxylic acids is 1. The van der Waals surface area contributed by atoms with Gasteiger partial charge in [0.25, 0.3) is 0 Å². The Kier molecular flexibility index (Phi) is 6.18. The largest absolute Gasteiger partial charge is 0.497 e. The van der Waals surface area contributed by atoms with Gasteiger partial charge in [0.1, 0.15) is 28.6 Å². The highest BCUT2D eigenvalue weighted by Gasteiger charge is 2.45. The van der Waals surface area contributed by atoms with Gasteiger partial charge in [-0.05, 0) is 42.8 Å². The van der Waals surface area contributed by atoms with Crippen LogP contribution in [0, 0.1) is 5.92 Å². The lowest BCUT2D eigenvalue weighted by Gasteiger charge is -2.42. The molecule has 1 aliphatic heterocycles. The van der Waals surface area contributed by atoms with E-state index in [0.717, 1.165) is 34.6 Å². The fraction of sp³-hybridized carbons (Fsp3) is 0.233. The minimum atomic E-state index is -0.935. The Morgan fingerprint density at radius 2 is 1.50 bits per heavy atom. The van der Waals surface area contributed by atoms with Crippen molar-refractivity contribution in [1.29, 1.82) is 0 Å². The average Bonchev–Trinajstić information content (AvgIpc) is 2.95. The Labute approximate surface area is 210 Å². The maximum atomic E-state index is 13.0. The summed E-state index contributed by atoms with van der Waals surface area (Å²) < 4.78 is 28.7. The number of benzene rings is 2. The number of ether oxygens (including phenoxy) is 5. The van der Waals surface area contributed by atoms with Crippen LogP contribution in [-0.2, 0) is 24.6 Å². The molecule has 6 heteroatoms. The fourth-order valence-electron chi connectivity index (χ4n) is 5.07. The van der Waals surface area contributed by atoms with E-state index in [9.17, 15) is 4.79 Å². The second-order valence-electron chi connectivity index (χ2n) is 8.64. The monoisotopic (exact) mass is 484 g/mol. The van der Waals surface area contributed by atoms with E-state index >= 15 is 0 Å². The molecule has 184 valence electrons. The van der Waals surface area contributed by atoms with E-state index in [1.54, 1.807) is 21.3 Å². The minimum Gasteiger partial charge on any atom is -0.497 e. The summed E-state index contributed by atoms with van der Waals surface area (Å²) in [6.07, 6.45) is 10.7. The van der Waals surface area contributed by atoms with E-state index < -0.39 is 11.6 Å². The Morgan fingerprint density at radius 3 is 2.03 bits per heavy atom. The van der Waals surface area contributed by atoms with Crippen LogP contribution in [0.5, 0.6) is 11.5 Å². The maximum Gasteiger partial charge on any atom is 0.342 e. The van der Waals surface area contributed by atoms with Gasteiger partial charge in [0, 0.05) is 28.2 Å². The van der Waals surface area contributed by atoms with Crippen molar-refractivity contribution in [3.05, 3.63) is 118 Å². The molecule has 0 saturated carbocycles. The molecule has 5 rings (SSSR count). The van der Waals surface area contributed by atoms with Gasteiger partial charge in [0.2, 0.25) is 0 Å². The first-order valence-electron chi connectivity index (χ1n) is 11.7. The zero-order valence-corrected chi connectivity index (χ0v) is 20.7. The van der Waals surface area contributed by atoms with Gasteiger partial charge in [-0.15, -0.1) is 0 Å². The SMILES string of the molecule is COC(=O)C1=C(OC)C2=CC=CCC2C2=C1C=CC(c1ccc(OC)cc1)(c1ccc(OC)cc1)O2. The smallest absolute Gasteiger partial charge is 0.342 e. The third-order valence-electron chi connectivity index (χ3n) is 6.89. The predicted molar refractivity (Wildman–Crippen MR) is 135 cm³/mol. The second-order valence-corrected chi connectivity index (χ2v) is 8.64. The van der Waals surface area contributed by atoms with Gasteiger partial charge in [-0.25, -0.2) is 4.79 Å². The molecule has 3 aliphatic rings. The Morgan fingerprint density at radius 1 is 0.889 bits per heavy atom. The lowest BCUT2D eigenvalue weighted by molar-refractivity contribution is -0.136. The third kappa shape index (κ3) is 3.70. The van der Waals surface area contributed by atoms with Crippen molar-refractivity contribution < 1.29 is 28.5 Å². The molecule has 0 aromatic heterocycles. The molecule has 2 aromatic carbocycles. The van der Waals surface area contributed by atoms with Crippen molar-refractivity contribution in [2.45, 2.75) is 12.0 Å². The molecule has 0 N–H and O–H groups in total. The van der Waals surface area contributed by atoms with E-state index in [1.807, 2.05) is 72.8 Å². The molecule has 0 bridgehead atoms. The maximum absolute atomic E-state index is 13.0. The van der Waals surface area contributed by atoms with Gasteiger partial charge in [0.15, 0.2) is 5.60 Å². The van der Waals surface area contributed by atoms with Crippen LogP contribution in [0.15, 0.2) is 107 Å². The number of carbonyl (C=O) groups is 1. The molecule has 1 heterocycles. The van der Waals surface area contributed by atoms with Crippen molar-refractivity contribution in [3.8, 4) is 11.5 Å². The normalized spacial score (nSPS) is 19.6. The first-order chi connectivity index (χ1) is 17.6. The second kappa shape index (κ2) is 9.46. The van der Waals surface area contributed by atoms with Crippen LogP contribution in [-0.4, -0.2) is 34.4 Å². The fourth-order valence-corrected chi connectivity index (χ4v) is 5.07. The quantitative estimate of drug-likeness (QED) is 0.513. The number of fused-ring (bicyclic) bond motifs is 2. The molecular weight excluding hydrogens is 456 g/mol. The van der Waals surface area contributed by atoms with Gasteiger partial charge >= 0.3 is 5.97 Å². The molecule has 36 heavy (non-hydrogen) atoms. The highest BCUT2D eigenvalue weighted by atomic mass is 16.5. The molecule has 0 saturated heterocycles. The van der Waals surface area contributed by atoms with Crippen LogP contribution in [0.4, 0.5) is 0 Å². The van der Waals surface area contributed by atoms with Crippen LogP contribution in [0.1, 0.15) is 17.5 Å². The van der Waals surface area contributed by atoms with Crippen LogP contribution in [0.25, 0.3) is 0 Å². The topological polar surface area (TPSA) is 63.2 Å². The summed E-state index contributed by atoms with van der Waals surface area (Å²) in [6, 6.07) is 15.7. The highest BCUT2D eigenvalue weighted by Crippen LogP contribution is 2.51. The molecule has 0 radical (unpaired) electrons. The zero-order chi connectivity index (χ0) is 25.3. The molecule has 2 aliphatic carbocycles. The summed E-state index contributed by atoms with van der Waals surface area (Å²) in [6.45, 7) is 0. The van der Waals surface area contributed by atoms with Gasteiger partial charge in [0.05, 0.1) is 28.4 Å². The van der Waals surface area contributed by atoms with Crippen molar-refractivity contribution >= 4 is 5.97 Å². The summed E-state index contributed by atoms with van der Waals surface area (Å²) in [5.74, 6) is 2.16. The Bertz CT molecular complexity index is 1270. The summed E-state index contributed by atoms with van der Waals surface area (Å²) in [5, 5.41) is 0. The first kappa shape index (κ1) is 23.5. The molecule has 6 nitrogen and oxygen atoms in total. The number of methoxy groups -OCH3 is 4. The molecule has 0 amide bonds. The van der Waals surface area contributed by atoms with E-state index in [2.05, 4.69) is 6.08 Å². The van der Waals surface area contributed by atoms with Crippen LogP contribution >= 0.6 is 0 Å². The summed E-state index contributed by atoms with van der Waals surface area (Å²) in [5.41, 5.74) is 2.85. The number of hydrogen-bond donors (Lipinski definition) is 0. The molecule has 1 unspecified atom stereocenters. The molecule has 0 fully saturated rings. The van der Waals surface area contributed by atoms with Crippen LogP contribution in [0.2, 0.25) is 0 Å². The van der Waals surface area contributed by atoms with E-state index in [0.29, 0.717) is 22.7 Å². The van der Waals surface area contributed by atoms with E-state index in [1.165, 1.54) is 7.11 Å². The van der Waals surface area contributed by atoms with E-state index in [-0.39, 0.29) is 5.92 Å². The zero-order valence-electron chi connectivity index (χ0n) is 20.7. The van der Waals surface area contributed by atoms with Gasteiger partial charge in [-0.1, -0.05) is 42.5 Å². The summed E-state index contributed by atoms with van der Waals surface area (Å²) in [7, 11) is 6.23. The lowest BCUT2D eigenvalue weighted by atomic mass is 9.75. The van der Waals surface area contributed by atoms with Crippen LogP contribution in [0.3, 0.4) is 0 Å². The predicted octanol–water partition coefficient (Wildman–Crippen LogP) is 5.38. The van der Waals surface area contributed by atoms with Crippen molar-refractivity contribution in [2.24, 2.45) is 5.92 Å². The van der Waals surface area contributed by atoms with E-state index in [4.69, 9.17) is 23.7 Å². The number of allylic oxidation sites excluding steroid dienone is 6. The Balaban J connectivity index is 1.71. The summed E-state index contributed by atoms with van der Waals surface area (Å²) >= 11 is 0. The van der Waals surface area contributed by atoms with Gasteiger partial charge in [-0.3, -0.25) is 0 Å². The molecule has 0 spiro atoms. The highest BCUT2D eigenvalue weighted by molar-refractivity contribution is 5.97. The summed E-state index contributed by atoms with van der Waals surface area (Å²) in [4.78, 5) is 13.0. The van der Waals surface area contributed by atoms with Gasteiger partial charge in [-0.2, -0.15) is 0 Å². The van der Waals surface area contributed by atoms with Gasteiger partial charge < -0.3 is 23.7 Å². The van der Waals surface area contributed by atoms with Crippen molar-refractivity contribution in [3.63, 3.8) is 0 Å². The third-order valence-corrected chi connectivity index (χ3v) is 6.89. The number of rotatable bonds is 6. The Hall–Kier alpha value is -4.19. The number of esters is 1. The molecule has 1 atom stereocenters. The lowest BCUT2D eigenvalue weighted by Crippen LogP contribution is -2.36. The average molecular weight is 485 g/mol. The van der Waals surface area contributed by atoms with Crippen LogP contribution < -0.4 is 9.47 Å². The minimum absolute atomic E-state index is 0.103. The van der Waals surface area contributed by atoms with Crippen molar-refractivity contribution in [2.75, 3.05) is 28.4 Å². The molecule has 2 aromatic rings. The first-order valence-corrected chi connectivity index (χ1v) is 11.7.